The lowest BCUT2D eigenvalue weighted by Crippen LogP contribution is -2.45. The minimum atomic E-state index is -0.853. The number of amides is 1. The Morgan fingerprint density at radius 3 is 1.31 bits per heavy atom. The minimum absolute atomic E-state index is 0.0153. The van der Waals surface area contributed by atoms with E-state index in [1.54, 1.807) is 6.08 Å². The summed E-state index contributed by atoms with van der Waals surface area (Å²) in [5.41, 5.74) is 0. The molecule has 0 aromatic heterocycles. The van der Waals surface area contributed by atoms with Crippen molar-refractivity contribution in [2.75, 3.05) is 13.2 Å². The third kappa shape index (κ3) is 38.3. The van der Waals surface area contributed by atoms with E-state index < -0.39 is 12.1 Å². The van der Waals surface area contributed by atoms with Gasteiger partial charge in [-0.05, 0) is 32.1 Å². The average molecular weight is 736 g/mol. The molecule has 2 unspecified atom stereocenters. The fourth-order valence-electron chi connectivity index (χ4n) is 6.98. The Morgan fingerprint density at radius 1 is 0.519 bits per heavy atom. The molecular weight excluding hydrogens is 647 g/mol. The van der Waals surface area contributed by atoms with E-state index in [2.05, 4.69) is 19.2 Å². The first-order valence-electron chi connectivity index (χ1n) is 23.0. The van der Waals surface area contributed by atoms with Crippen LogP contribution in [0.15, 0.2) is 12.2 Å². The highest BCUT2D eigenvalue weighted by Gasteiger charge is 2.18. The Kier molecular flexibility index (Phi) is 41.2. The van der Waals surface area contributed by atoms with E-state index in [4.69, 9.17) is 4.74 Å². The van der Waals surface area contributed by atoms with E-state index >= 15 is 0 Å². The number of nitrogens with one attached hydrogen (secondary N) is 1. The highest BCUT2D eigenvalue weighted by Crippen LogP contribution is 2.15. The molecule has 1 amide bonds. The zero-order valence-electron chi connectivity index (χ0n) is 34.8. The molecule has 0 heterocycles. The summed E-state index contributed by atoms with van der Waals surface area (Å²) < 4.78 is 5.44. The van der Waals surface area contributed by atoms with Crippen molar-refractivity contribution in [3.05, 3.63) is 12.2 Å². The smallest absolute Gasteiger partial charge is 0.305 e. The van der Waals surface area contributed by atoms with Crippen LogP contribution in [-0.4, -0.2) is 47.4 Å². The van der Waals surface area contributed by atoms with Gasteiger partial charge in [0.25, 0.3) is 0 Å². The van der Waals surface area contributed by atoms with E-state index in [-0.39, 0.29) is 18.5 Å². The van der Waals surface area contributed by atoms with Crippen molar-refractivity contribution >= 4 is 11.9 Å². The Labute approximate surface area is 323 Å². The lowest BCUT2D eigenvalue weighted by molar-refractivity contribution is -0.143. The summed E-state index contributed by atoms with van der Waals surface area (Å²) in [6.45, 7) is 4.84. The zero-order chi connectivity index (χ0) is 38.0. The molecule has 0 aromatic carbocycles. The van der Waals surface area contributed by atoms with E-state index in [1.165, 1.54) is 161 Å². The number of rotatable bonds is 42. The molecule has 0 fully saturated rings. The van der Waals surface area contributed by atoms with Crippen molar-refractivity contribution in [1.29, 1.82) is 0 Å². The second kappa shape index (κ2) is 42.3. The molecular formula is C46H89NO5. The van der Waals surface area contributed by atoms with E-state index in [1.807, 2.05) is 6.08 Å². The van der Waals surface area contributed by atoms with Gasteiger partial charge in [-0.25, -0.2) is 0 Å². The Hall–Kier alpha value is -1.40. The number of aliphatic hydroxyl groups excluding tert-OH is 2. The number of ether oxygens (including phenoxy) is 1. The van der Waals surface area contributed by atoms with Gasteiger partial charge in [-0.3, -0.25) is 9.59 Å². The Bertz CT molecular complexity index is 772. The summed E-state index contributed by atoms with van der Waals surface area (Å²) in [6, 6.07) is -0.639. The van der Waals surface area contributed by atoms with Gasteiger partial charge in [0.05, 0.1) is 25.4 Å². The van der Waals surface area contributed by atoms with Gasteiger partial charge >= 0.3 is 5.97 Å². The molecule has 6 heteroatoms. The quantitative estimate of drug-likeness (QED) is 0.0329. The van der Waals surface area contributed by atoms with Crippen LogP contribution in [0, 0.1) is 0 Å². The topological polar surface area (TPSA) is 95.9 Å². The van der Waals surface area contributed by atoms with E-state index in [0.717, 1.165) is 57.8 Å². The van der Waals surface area contributed by atoms with E-state index in [9.17, 15) is 19.8 Å². The Morgan fingerprint density at radius 2 is 0.885 bits per heavy atom. The molecule has 0 spiro atoms. The Balaban J connectivity index is 3.50. The standard InChI is InChI=1S/C46H89NO5/c1-3-5-7-9-11-13-15-18-22-26-30-34-38-44(49)43(42-48)47-45(50)39-35-31-27-23-19-17-21-25-29-33-37-41-52-46(51)40-36-32-28-24-20-16-14-12-10-8-6-4-2/h34,38,43-44,48-49H,3-33,35-37,39-42H2,1-2H3,(H,47,50)/b38-34+. The van der Waals surface area contributed by atoms with Gasteiger partial charge in [-0.2, -0.15) is 0 Å². The predicted octanol–water partition coefficient (Wildman–Crippen LogP) is 13.0. The number of hydrogen-bond donors (Lipinski definition) is 3. The summed E-state index contributed by atoms with van der Waals surface area (Å²) in [5, 5.41) is 22.9. The van der Waals surface area contributed by atoms with Crippen LogP contribution in [0.1, 0.15) is 245 Å². The first-order chi connectivity index (χ1) is 25.5. The predicted molar refractivity (Wildman–Crippen MR) is 223 cm³/mol. The van der Waals surface area contributed by atoms with Crippen LogP contribution in [0.5, 0.6) is 0 Å². The van der Waals surface area contributed by atoms with Gasteiger partial charge in [0, 0.05) is 12.8 Å². The first kappa shape index (κ1) is 50.6. The maximum atomic E-state index is 12.4. The minimum Gasteiger partial charge on any atom is -0.466 e. The molecule has 0 radical (unpaired) electrons. The molecule has 2 atom stereocenters. The van der Waals surface area contributed by atoms with Crippen LogP contribution in [-0.2, 0) is 14.3 Å². The molecule has 52 heavy (non-hydrogen) atoms. The number of unbranched alkanes of at least 4 members (excludes halogenated alkanes) is 31. The largest absolute Gasteiger partial charge is 0.466 e. The molecule has 0 aliphatic heterocycles. The molecule has 0 aromatic rings. The van der Waals surface area contributed by atoms with Crippen molar-refractivity contribution < 1.29 is 24.5 Å². The fourth-order valence-corrected chi connectivity index (χ4v) is 6.98. The van der Waals surface area contributed by atoms with Crippen LogP contribution in [0.3, 0.4) is 0 Å². The van der Waals surface area contributed by atoms with Gasteiger partial charge in [-0.1, -0.05) is 212 Å². The second-order valence-corrected chi connectivity index (χ2v) is 15.7. The number of carbonyl (C=O) groups is 2. The third-order valence-electron chi connectivity index (χ3n) is 10.6. The van der Waals surface area contributed by atoms with Crippen LogP contribution in [0.2, 0.25) is 0 Å². The SMILES string of the molecule is CCCCCCCCCCCC/C=C/C(O)C(CO)NC(=O)CCCCCCCCCCCCCOC(=O)CCCCCCCCCCCCCC. The number of esters is 1. The lowest BCUT2D eigenvalue weighted by atomic mass is 10.0. The van der Waals surface area contributed by atoms with Gasteiger partial charge < -0.3 is 20.3 Å². The van der Waals surface area contributed by atoms with Gasteiger partial charge in [0.15, 0.2) is 0 Å². The monoisotopic (exact) mass is 736 g/mol. The van der Waals surface area contributed by atoms with Crippen molar-refractivity contribution in [2.24, 2.45) is 0 Å². The maximum absolute atomic E-state index is 12.4. The van der Waals surface area contributed by atoms with Gasteiger partial charge in [-0.15, -0.1) is 0 Å². The number of carbonyl (C=O) groups excluding carboxylic acids is 2. The number of aliphatic hydroxyl groups is 2. The van der Waals surface area contributed by atoms with Crippen molar-refractivity contribution in [1.82, 2.24) is 5.32 Å². The second-order valence-electron chi connectivity index (χ2n) is 15.7. The molecule has 0 bridgehead atoms. The molecule has 0 rings (SSSR count). The molecule has 0 aliphatic carbocycles. The van der Waals surface area contributed by atoms with Gasteiger partial charge in [0.2, 0.25) is 5.91 Å². The molecule has 0 saturated heterocycles. The van der Waals surface area contributed by atoms with Crippen molar-refractivity contribution in [3.8, 4) is 0 Å². The van der Waals surface area contributed by atoms with Crippen LogP contribution >= 0.6 is 0 Å². The first-order valence-corrected chi connectivity index (χ1v) is 23.0. The summed E-state index contributed by atoms with van der Waals surface area (Å²) in [7, 11) is 0. The molecule has 6 nitrogen and oxygen atoms in total. The van der Waals surface area contributed by atoms with Crippen LogP contribution in [0.25, 0.3) is 0 Å². The summed E-state index contributed by atoms with van der Waals surface area (Å²) >= 11 is 0. The highest BCUT2D eigenvalue weighted by atomic mass is 16.5. The van der Waals surface area contributed by atoms with Crippen molar-refractivity contribution in [3.63, 3.8) is 0 Å². The maximum Gasteiger partial charge on any atom is 0.305 e. The molecule has 0 aliphatic rings. The number of allylic oxidation sites excluding steroid dienone is 1. The average Bonchev–Trinajstić information content (AvgIpc) is 3.14. The van der Waals surface area contributed by atoms with Crippen LogP contribution in [0.4, 0.5) is 0 Å². The van der Waals surface area contributed by atoms with Crippen molar-refractivity contribution in [2.45, 2.75) is 257 Å². The summed E-state index contributed by atoms with van der Waals surface area (Å²) in [4.78, 5) is 24.3. The number of hydrogen-bond acceptors (Lipinski definition) is 5. The summed E-state index contributed by atoms with van der Waals surface area (Å²) in [6.07, 6.45) is 46.2. The molecule has 308 valence electrons. The van der Waals surface area contributed by atoms with Gasteiger partial charge in [0.1, 0.15) is 0 Å². The van der Waals surface area contributed by atoms with Crippen LogP contribution < -0.4 is 5.32 Å². The molecule has 0 saturated carbocycles. The third-order valence-corrected chi connectivity index (χ3v) is 10.6. The van der Waals surface area contributed by atoms with E-state index in [0.29, 0.717) is 19.4 Å². The normalized spacial score (nSPS) is 12.8. The summed E-state index contributed by atoms with van der Waals surface area (Å²) in [5.74, 6) is -0.103. The molecule has 3 N–H and O–H groups in total. The highest BCUT2D eigenvalue weighted by molar-refractivity contribution is 5.76. The zero-order valence-corrected chi connectivity index (χ0v) is 34.8. The fraction of sp³-hybridized carbons (Fsp3) is 0.913. The lowest BCUT2D eigenvalue weighted by Gasteiger charge is -2.20.